The smallest absolute Gasteiger partial charge is 0.337 e. The van der Waals surface area contributed by atoms with Crippen LogP contribution < -0.4 is 0 Å². The van der Waals surface area contributed by atoms with Crippen LogP contribution >= 0.6 is 11.8 Å². The second-order valence-corrected chi connectivity index (χ2v) is 8.67. The van der Waals surface area contributed by atoms with Crippen LogP contribution in [0.2, 0.25) is 0 Å². The van der Waals surface area contributed by atoms with E-state index in [0.29, 0.717) is 16.9 Å². The molecule has 0 radical (unpaired) electrons. The third kappa shape index (κ3) is 4.30. The van der Waals surface area contributed by atoms with Crippen molar-refractivity contribution in [2.24, 2.45) is 0 Å². The second kappa shape index (κ2) is 9.09. The summed E-state index contributed by atoms with van der Waals surface area (Å²) < 4.78 is 8.95. The molecule has 162 valence electrons. The Balaban J connectivity index is 1.51. The van der Waals surface area contributed by atoms with Crippen molar-refractivity contribution < 1.29 is 14.3 Å². The van der Waals surface area contributed by atoms with Gasteiger partial charge in [0.1, 0.15) is 5.82 Å². The van der Waals surface area contributed by atoms with Gasteiger partial charge < -0.3 is 13.9 Å². The Morgan fingerprint density at radius 3 is 2.61 bits per heavy atom. The first-order chi connectivity index (χ1) is 15.0. The number of esters is 1. The average Bonchev–Trinajstić information content (AvgIpc) is 3.20. The number of Topliss-reactive ketones (excluding diaryl/α,β-unsaturated/α-hetero) is 1. The number of carbonyl (C=O) groups excluding carboxylic acids is 2. The predicted molar refractivity (Wildman–Crippen MR) is 119 cm³/mol. The molecule has 0 N–H and O–H groups in total. The van der Waals surface area contributed by atoms with E-state index in [-0.39, 0.29) is 11.8 Å². The molecular formula is C23H26N4O3S. The number of aromatic nitrogens is 4. The van der Waals surface area contributed by atoms with Gasteiger partial charge in [0, 0.05) is 35.6 Å². The van der Waals surface area contributed by atoms with Gasteiger partial charge in [-0.1, -0.05) is 18.2 Å². The Bertz CT molecular complexity index is 1110. The Morgan fingerprint density at radius 2 is 1.87 bits per heavy atom. The van der Waals surface area contributed by atoms with Crippen molar-refractivity contribution in [3.8, 4) is 5.69 Å². The van der Waals surface area contributed by atoms with E-state index in [2.05, 4.69) is 14.8 Å². The second-order valence-electron chi connectivity index (χ2n) is 7.73. The van der Waals surface area contributed by atoms with Gasteiger partial charge in [0.25, 0.3) is 0 Å². The molecule has 0 amide bonds. The molecule has 3 heterocycles. The average molecular weight is 439 g/mol. The highest BCUT2D eigenvalue weighted by Gasteiger charge is 2.20. The summed E-state index contributed by atoms with van der Waals surface area (Å²) in [4.78, 5) is 24.7. The normalized spacial score (nSPS) is 13.5. The number of hydrogen-bond donors (Lipinski definition) is 0. The van der Waals surface area contributed by atoms with Crippen LogP contribution in [0.25, 0.3) is 5.69 Å². The summed E-state index contributed by atoms with van der Waals surface area (Å²) in [6.45, 7) is 4.85. The number of benzene rings is 1. The van der Waals surface area contributed by atoms with Crippen molar-refractivity contribution in [2.75, 3.05) is 12.9 Å². The molecule has 31 heavy (non-hydrogen) atoms. The minimum atomic E-state index is -0.369. The number of hydrogen-bond acceptors (Lipinski definition) is 6. The lowest BCUT2D eigenvalue weighted by Crippen LogP contribution is -2.08. The fourth-order valence-corrected chi connectivity index (χ4v) is 4.95. The maximum atomic E-state index is 13.0. The fraction of sp³-hybridized carbons (Fsp3) is 0.391. The molecule has 8 heteroatoms. The molecule has 1 aromatic carbocycles. The van der Waals surface area contributed by atoms with Crippen LogP contribution in [-0.2, 0) is 17.7 Å². The van der Waals surface area contributed by atoms with E-state index in [1.165, 1.54) is 25.3 Å². The zero-order valence-electron chi connectivity index (χ0n) is 18.1. The SMILES string of the molecule is COC(=O)c1ccc(-n2c(C)cc(C(=O)CSc3nnc4n3CCCCC4)c2C)cc1. The lowest BCUT2D eigenvalue weighted by molar-refractivity contribution is 0.0600. The molecule has 1 aliphatic heterocycles. The Morgan fingerprint density at radius 1 is 1.10 bits per heavy atom. The van der Waals surface area contributed by atoms with Crippen LogP contribution in [0.4, 0.5) is 0 Å². The Kier molecular flexibility index (Phi) is 6.27. The van der Waals surface area contributed by atoms with E-state index in [1.807, 2.05) is 36.6 Å². The van der Waals surface area contributed by atoms with E-state index in [9.17, 15) is 9.59 Å². The molecular weight excluding hydrogens is 412 g/mol. The van der Waals surface area contributed by atoms with E-state index >= 15 is 0 Å². The number of ether oxygens (including phenoxy) is 1. The molecule has 4 rings (SSSR count). The highest BCUT2D eigenvalue weighted by Crippen LogP contribution is 2.26. The quantitative estimate of drug-likeness (QED) is 0.326. The number of ketones is 1. The standard InChI is InChI=1S/C23H26N4O3S/c1-15-13-19(16(2)27(15)18-10-8-17(9-11-18)22(29)30-3)20(28)14-31-23-25-24-21-7-5-4-6-12-26(21)23/h8-11,13H,4-7,12,14H2,1-3H3. The van der Waals surface area contributed by atoms with Crippen molar-refractivity contribution in [1.29, 1.82) is 0 Å². The number of thioether (sulfide) groups is 1. The van der Waals surface area contributed by atoms with Gasteiger partial charge >= 0.3 is 5.97 Å². The van der Waals surface area contributed by atoms with Crippen LogP contribution in [0.3, 0.4) is 0 Å². The molecule has 0 spiro atoms. The molecule has 0 aliphatic carbocycles. The number of methoxy groups -OCH3 is 1. The van der Waals surface area contributed by atoms with Crippen molar-refractivity contribution in [1.82, 2.24) is 19.3 Å². The first-order valence-corrected chi connectivity index (χ1v) is 11.4. The topological polar surface area (TPSA) is 79.0 Å². The van der Waals surface area contributed by atoms with Crippen molar-refractivity contribution in [2.45, 2.75) is 51.2 Å². The van der Waals surface area contributed by atoms with Crippen LogP contribution in [0.15, 0.2) is 35.5 Å². The van der Waals surface area contributed by atoms with Crippen molar-refractivity contribution in [3.05, 3.63) is 58.7 Å². The molecule has 1 aliphatic rings. The van der Waals surface area contributed by atoms with Gasteiger partial charge in [0.15, 0.2) is 10.9 Å². The van der Waals surface area contributed by atoms with Crippen molar-refractivity contribution in [3.63, 3.8) is 0 Å². The third-order valence-electron chi connectivity index (χ3n) is 5.69. The molecule has 0 saturated heterocycles. The van der Waals surface area contributed by atoms with Crippen LogP contribution in [-0.4, -0.2) is 43.9 Å². The van der Waals surface area contributed by atoms with Crippen molar-refractivity contribution >= 4 is 23.5 Å². The Hall–Kier alpha value is -2.87. The minimum Gasteiger partial charge on any atom is -0.465 e. The lowest BCUT2D eigenvalue weighted by Gasteiger charge is -2.10. The van der Waals surface area contributed by atoms with Gasteiger partial charge in [-0.3, -0.25) is 4.79 Å². The first kappa shape index (κ1) is 21.4. The van der Waals surface area contributed by atoms with E-state index in [1.54, 1.807) is 12.1 Å². The molecule has 0 saturated carbocycles. The number of fused-ring (bicyclic) bond motifs is 1. The van der Waals surface area contributed by atoms with E-state index in [0.717, 1.165) is 53.9 Å². The van der Waals surface area contributed by atoms with Gasteiger partial charge in [-0.15, -0.1) is 10.2 Å². The highest BCUT2D eigenvalue weighted by molar-refractivity contribution is 7.99. The van der Waals surface area contributed by atoms with Gasteiger partial charge in [-0.2, -0.15) is 0 Å². The van der Waals surface area contributed by atoms with E-state index in [4.69, 9.17) is 4.74 Å². The number of nitrogens with zero attached hydrogens (tertiary/aromatic N) is 4. The summed E-state index contributed by atoms with van der Waals surface area (Å²) in [5, 5.41) is 9.45. The molecule has 0 unspecified atom stereocenters. The number of rotatable bonds is 6. The molecule has 0 atom stereocenters. The summed E-state index contributed by atoms with van der Waals surface area (Å²) in [7, 11) is 1.36. The van der Waals surface area contributed by atoms with Gasteiger partial charge in [-0.05, 0) is 57.0 Å². The predicted octanol–water partition coefficient (Wildman–Crippen LogP) is 4.17. The highest BCUT2D eigenvalue weighted by atomic mass is 32.2. The van der Waals surface area contributed by atoms with Crippen LogP contribution in [0.5, 0.6) is 0 Å². The molecule has 2 aromatic heterocycles. The largest absolute Gasteiger partial charge is 0.465 e. The maximum Gasteiger partial charge on any atom is 0.337 e. The maximum absolute atomic E-state index is 13.0. The summed E-state index contributed by atoms with van der Waals surface area (Å²) >= 11 is 1.46. The monoisotopic (exact) mass is 438 g/mol. The molecule has 7 nitrogen and oxygen atoms in total. The fourth-order valence-electron chi connectivity index (χ4n) is 4.08. The molecule has 3 aromatic rings. The lowest BCUT2D eigenvalue weighted by atomic mass is 10.2. The molecule has 0 fully saturated rings. The Labute approximate surface area is 185 Å². The summed E-state index contributed by atoms with van der Waals surface area (Å²) in [5.41, 5.74) is 3.95. The van der Waals surface area contributed by atoms with Gasteiger partial charge in [0.05, 0.1) is 18.4 Å². The molecule has 0 bridgehead atoms. The first-order valence-electron chi connectivity index (χ1n) is 10.5. The summed E-state index contributed by atoms with van der Waals surface area (Å²) in [5.74, 6) is 1.05. The summed E-state index contributed by atoms with van der Waals surface area (Å²) in [6, 6.07) is 9.11. The number of aryl methyl sites for hydroxylation is 2. The number of carbonyl (C=O) groups is 2. The third-order valence-corrected chi connectivity index (χ3v) is 6.65. The zero-order chi connectivity index (χ0) is 22.0. The zero-order valence-corrected chi connectivity index (χ0v) is 18.9. The van der Waals surface area contributed by atoms with E-state index < -0.39 is 0 Å². The van der Waals surface area contributed by atoms with Gasteiger partial charge in [0.2, 0.25) is 0 Å². The van der Waals surface area contributed by atoms with Gasteiger partial charge in [-0.25, -0.2) is 4.79 Å². The summed E-state index contributed by atoms with van der Waals surface area (Å²) in [6.07, 6.45) is 4.44. The van der Waals surface area contributed by atoms with Crippen LogP contribution in [0.1, 0.15) is 57.2 Å². The minimum absolute atomic E-state index is 0.0708. The van der Waals surface area contributed by atoms with Crippen LogP contribution in [0, 0.1) is 13.8 Å².